The van der Waals surface area contributed by atoms with E-state index in [-0.39, 0.29) is 11.7 Å². The number of ketones is 1. The van der Waals surface area contributed by atoms with Gasteiger partial charge in [0, 0.05) is 17.5 Å². The van der Waals surface area contributed by atoms with Gasteiger partial charge in [0.1, 0.15) is 11.5 Å². The Bertz CT molecular complexity index is 403. The molecule has 0 aliphatic carbocycles. The molecule has 0 bridgehead atoms. The van der Waals surface area contributed by atoms with Gasteiger partial charge in [-0.1, -0.05) is 0 Å². The minimum absolute atomic E-state index is 0.114. The van der Waals surface area contributed by atoms with E-state index < -0.39 is 0 Å². The summed E-state index contributed by atoms with van der Waals surface area (Å²) in [5.41, 5.74) is 0.679. The molecule has 98 valence electrons. The molecule has 18 heavy (non-hydrogen) atoms. The molecule has 0 saturated carbocycles. The zero-order valence-electron chi connectivity index (χ0n) is 10.9. The van der Waals surface area contributed by atoms with Crippen LogP contribution in [0.3, 0.4) is 0 Å². The van der Waals surface area contributed by atoms with Gasteiger partial charge in [-0.3, -0.25) is 4.79 Å². The van der Waals surface area contributed by atoms with Gasteiger partial charge in [-0.25, -0.2) is 0 Å². The van der Waals surface area contributed by atoms with E-state index in [2.05, 4.69) is 5.32 Å². The summed E-state index contributed by atoms with van der Waals surface area (Å²) in [6.45, 7) is 1.83. The van der Waals surface area contributed by atoms with Crippen LogP contribution in [0, 0.1) is 5.92 Å². The lowest BCUT2D eigenvalue weighted by molar-refractivity contribution is 0.0894. The lowest BCUT2D eigenvalue weighted by atomic mass is 9.89. The van der Waals surface area contributed by atoms with Crippen molar-refractivity contribution in [3.8, 4) is 11.5 Å². The number of piperidine rings is 1. The van der Waals surface area contributed by atoms with Crippen molar-refractivity contribution >= 4 is 5.78 Å². The highest BCUT2D eigenvalue weighted by Crippen LogP contribution is 2.26. The molecule has 1 aromatic rings. The summed E-state index contributed by atoms with van der Waals surface area (Å²) in [7, 11) is 3.18. The highest BCUT2D eigenvalue weighted by Gasteiger charge is 2.23. The molecule has 0 radical (unpaired) electrons. The van der Waals surface area contributed by atoms with Crippen LogP contribution in [-0.4, -0.2) is 33.1 Å². The monoisotopic (exact) mass is 249 g/mol. The minimum Gasteiger partial charge on any atom is -0.497 e. The Morgan fingerprint density at radius 3 is 2.17 bits per heavy atom. The molecule has 4 nitrogen and oxygen atoms in total. The van der Waals surface area contributed by atoms with Gasteiger partial charge in [0.05, 0.1) is 14.2 Å². The summed E-state index contributed by atoms with van der Waals surface area (Å²) < 4.78 is 10.4. The molecule has 0 amide bonds. The molecule has 0 unspecified atom stereocenters. The van der Waals surface area contributed by atoms with Crippen LogP contribution in [-0.2, 0) is 0 Å². The third kappa shape index (κ3) is 2.82. The van der Waals surface area contributed by atoms with Crippen molar-refractivity contribution in [3.63, 3.8) is 0 Å². The van der Waals surface area contributed by atoms with E-state index in [0.29, 0.717) is 17.1 Å². The average Bonchev–Trinajstić information content (AvgIpc) is 2.46. The highest BCUT2D eigenvalue weighted by molar-refractivity contribution is 5.98. The van der Waals surface area contributed by atoms with E-state index in [4.69, 9.17) is 9.47 Å². The molecule has 1 heterocycles. The van der Waals surface area contributed by atoms with Crippen LogP contribution in [0.2, 0.25) is 0 Å². The fourth-order valence-electron chi connectivity index (χ4n) is 2.27. The first-order valence-electron chi connectivity index (χ1n) is 6.22. The second-order valence-corrected chi connectivity index (χ2v) is 4.49. The molecule has 1 aromatic carbocycles. The topological polar surface area (TPSA) is 47.6 Å². The molecule has 1 N–H and O–H groups in total. The van der Waals surface area contributed by atoms with Crippen molar-refractivity contribution in [2.24, 2.45) is 5.92 Å². The van der Waals surface area contributed by atoms with Crippen LogP contribution in [0.1, 0.15) is 23.2 Å². The number of carbonyl (C=O) groups excluding carboxylic acids is 1. The second kappa shape index (κ2) is 5.87. The minimum atomic E-state index is 0.114. The Labute approximate surface area is 107 Å². The molecular formula is C14H19NO3. The number of Topliss-reactive ketones (excluding diaryl/α,β-unsaturated/α-hetero) is 1. The number of rotatable bonds is 4. The molecule has 1 fully saturated rings. The van der Waals surface area contributed by atoms with Crippen LogP contribution in [0.4, 0.5) is 0 Å². The second-order valence-electron chi connectivity index (χ2n) is 4.49. The Balaban J connectivity index is 2.22. The molecule has 2 rings (SSSR count). The van der Waals surface area contributed by atoms with E-state index in [0.717, 1.165) is 25.9 Å². The van der Waals surface area contributed by atoms with Crippen molar-refractivity contribution in [1.29, 1.82) is 0 Å². The fraction of sp³-hybridized carbons (Fsp3) is 0.500. The summed E-state index contributed by atoms with van der Waals surface area (Å²) in [5, 5.41) is 3.26. The maximum absolute atomic E-state index is 12.4. The van der Waals surface area contributed by atoms with Crippen LogP contribution < -0.4 is 14.8 Å². The smallest absolute Gasteiger partial charge is 0.166 e. The summed E-state index contributed by atoms with van der Waals surface area (Å²) in [4.78, 5) is 12.4. The third-order valence-corrected chi connectivity index (χ3v) is 3.35. The van der Waals surface area contributed by atoms with E-state index in [1.807, 2.05) is 0 Å². The van der Waals surface area contributed by atoms with Gasteiger partial charge >= 0.3 is 0 Å². The molecule has 0 spiro atoms. The third-order valence-electron chi connectivity index (χ3n) is 3.35. The van der Waals surface area contributed by atoms with Crippen LogP contribution in [0.25, 0.3) is 0 Å². The van der Waals surface area contributed by atoms with Gasteiger partial charge in [-0.15, -0.1) is 0 Å². The number of ether oxygens (including phenoxy) is 2. The van der Waals surface area contributed by atoms with Crippen molar-refractivity contribution in [2.75, 3.05) is 27.3 Å². The largest absolute Gasteiger partial charge is 0.497 e. The Hall–Kier alpha value is -1.55. The molecular weight excluding hydrogens is 230 g/mol. The van der Waals surface area contributed by atoms with E-state index in [9.17, 15) is 4.79 Å². The van der Waals surface area contributed by atoms with Gasteiger partial charge in [0.2, 0.25) is 0 Å². The number of hydrogen-bond donors (Lipinski definition) is 1. The quantitative estimate of drug-likeness (QED) is 0.828. The molecule has 0 aromatic heterocycles. The maximum atomic E-state index is 12.4. The lowest BCUT2D eigenvalue weighted by Gasteiger charge is -2.21. The maximum Gasteiger partial charge on any atom is 0.166 e. The predicted octanol–water partition coefficient (Wildman–Crippen LogP) is 1.89. The van der Waals surface area contributed by atoms with Gasteiger partial charge < -0.3 is 14.8 Å². The standard InChI is InChI=1S/C14H19NO3/c1-17-12-7-11(8-13(9-12)18-2)14(16)10-3-5-15-6-4-10/h7-10,15H,3-6H2,1-2H3. The molecule has 0 atom stereocenters. The van der Waals surface area contributed by atoms with E-state index in [1.165, 1.54) is 0 Å². The Kier molecular flexibility index (Phi) is 4.20. The Morgan fingerprint density at radius 2 is 1.67 bits per heavy atom. The van der Waals surface area contributed by atoms with Gasteiger partial charge in [0.25, 0.3) is 0 Å². The van der Waals surface area contributed by atoms with Crippen molar-refractivity contribution in [3.05, 3.63) is 23.8 Å². The average molecular weight is 249 g/mol. The Morgan fingerprint density at radius 1 is 1.11 bits per heavy atom. The van der Waals surface area contributed by atoms with Crippen molar-refractivity contribution in [1.82, 2.24) is 5.32 Å². The summed E-state index contributed by atoms with van der Waals surface area (Å²) in [6, 6.07) is 5.35. The first kappa shape index (κ1) is 12.9. The number of carbonyl (C=O) groups is 1. The van der Waals surface area contributed by atoms with Crippen LogP contribution >= 0.6 is 0 Å². The fourth-order valence-corrected chi connectivity index (χ4v) is 2.27. The molecule has 4 heteroatoms. The van der Waals surface area contributed by atoms with Gasteiger partial charge in [-0.2, -0.15) is 0 Å². The van der Waals surface area contributed by atoms with Crippen LogP contribution in [0.15, 0.2) is 18.2 Å². The first-order valence-corrected chi connectivity index (χ1v) is 6.22. The lowest BCUT2D eigenvalue weighted by Crippen LogP contribution is -2.31. The van der Waals surface area contributed by atoms with Gasteiger partial charge in [-0.05, 0) is 38.1 Å². The molecule has 1 aliphatic rings. The molecule has 1 aliphatic heterocycles. The number of methoxy groups -OCH3 is 2. The van der Waals surface area contributed by atoms with E-state index in [1.54, 1.807) is 32.4 Å². The van der Waals surface area contributed by atoms with Crippen LogP contribution in [0.5, 0.6) is 11.5 Å². The van der Waals surface area contributed by atoms with Crippen molar-refractivity contribution in [2.45, 2.75) is 12.8 Å². The predicted molar refractivity (Wildman–Crippen MR) is 69.5 cm³/mol. The molecule has 1 saturated heterocycles. The van der Waals surface area contributed by atoms with Gasteiger partial charge in [0.15, 0.2) is 5.78 Å². The van der Waals surface area contributed by atoms with E-state index >= 15 is 0 Å². The highest BCUT2D eigenvalue weighted by atomic mass is 16.5. The summed E-state index contributed by atoms with van der Waals surface area (Å²) in [6.07, 6.45) is 1.80. The SMILES string of the molecule is COc1cc(OC)cc(C(=O)C2CCNCC2)c1. The number of nitrogens with one attached hydrogen (secondary N) is 1. The van der Waals surface area contributed by atoms with Crippen molar-refractivity contribution < 1.29 is 14.3 Å². The zero-order valence-corrected chi connectivity index (χ0v) is 10.9. The summed E-state index contributed by atoms with van der Waals surface area (Å²) in [5.74, 6) is 1.62. The number of benzene rings is 1. The number of hydrogen-bond acceptors (Lipinski definition) is 4. The normalized spacial score (nSPS) is 16.3. The first-order chi connectivity index (χ1) is 8.74. The zero-order chi connectivity index (χ0) is 13.0. The summed E-state index contributed by atoms with van der Waals surface area (Å²) >= 11 is 0.